The average molecular weight is 299 g/mol. The number of likely N-dealkylation sites (tertiary alicyclic amines) is 1. The van der Waals surface area contributed by atoms with Crippen LogP contribution in [0.2, 0.25) is 0 Å². The number of amides is 1. The molecule has 1 amide bonds. The number of nitrogens with zero attached hydrogens (tertiary/aromatic N) is 1. The van der Waals surface area contributed by atoms with Gasteiger partial charge in [-0.3, -0.25) is 4.79 Å². The van der Waals surface area contributed by atoms with E-state index < -0.39 is 0 Å². The van der Waals surface area contributed by atoms with Crippen molar-refractivity contribution in [3.8, 4) is 5.75 Å². The van der Waals surface area contributed by atoms with Crippen LogP contribution in [0.15, 0.2) is 24.3 Å². The van der Waals surface area contributed by atoms with Crippen molar-refractivity contribution in [2.75, 3.05) is 33.3 Å². The van der Waals surface area contributed by atoms with Crippen molar-refractivity contribution in [1.29, 1.82) is 0 Å². The van der Waals surface area contributed by atoms with E-state index in [0.717, 1.165) is 37.4 Å². The summed E-state index contributed by atoms with van der Waals surface area (Å²) < 4.78 is 5.38. The van der Waals surface area contributed by atoms with Crippen LogP contribution in [-0.2, 0) is 0 Å². The first-order chi connectivity index (χ1) is 9.24. The smallest absolute Gasteiger partial charge is 0.253 e. The predicted molar refractivity (Wildman–Crippen MR) is 82.8 cm³/mol. The van der Waals surface area contributed by atoms with Gasteiger partial charge in [0, 0.05) is 18.7 Å². The van der Waals surface area contributed by atoms with E-state index in [2.05, 4.69) is 5.32 Å². The lowest BCUT2D eigenvalue weighted by Crippen LogP contribution is -2.30. The molecule has 1 aliphatic heterocycles. The Hall–Kier alpha value is -1.26. The first kappa shape index (κ1) is 16.8. The topological polar surface area (TPSA) is 41.6 Å². The number of carbonyl (C=O) groups is 1. The van der Waals surface area contributed by atoms with E-state index in [9.17, 15) is 4.79 Å². The molecule has 0 radical (unpaired) electrons. The number of ether oxygens (including phenoxy) is 1. The van der Waals surface area contributed by atoms with Crippen molar-refractivity contribution < 1.29 is 9.53 Å². The molecule has 0 bridgehead atoms. The maximum Gasteiger partial charge on any atom is 0.253 e. The number of nitrogens with one attached hydrogen (secondary N) is 1. The van der Waals surface area contributed by atoms with Crippen LogP contribution in [0, 0.1) is 5.92 Å². The Balaban J connectivity index is 0.00000200. The van der Waals surface area contributed by atoms with E-state index in [0.29, 0.717) is 12.5 Å². The Kier molecular flexibility index (Phi) is 6.82. The summed E-state index contributed by atoms with van der Waals surface area (Å²) in [6.07, 6.45) is 1.09. The largest absolute Gasteiger partial charge is 0.494 e. The van der Waals surface area contributed by atoms with Crippen LogP contribution >= 0.6 is 12.4 Å². The molecule has 1 atom stereocenters. The van der Waals surface area contributed by atoms with Crippen molar-refractivity contribution in [3.05, 3.63) is 29.8 Å². The summed E-state index contributed by atoms with van der Waals surface area (Å²) in [5, 5.41) is 3.18. The lowest BCUT2D eigenvalue weighted by atomic mass is 10.1. The number of carbonyl (C=O) groups excluding carboxylic acids is 1. The molecule has 1 aromatic rings. The highest BCUT2D eigenvalue weighted by Gasteiger charge is 2.26. The van der Waals surface area contributed by atoms with Gasteiger partial charge in [0.2, 0.25) is 0 Å². The Bertz CT molecular complexity index is 422. The molecule has 20 heavy (non-hydrogen) atoms. The van der Waals surface area contributed by atoms with Gasteiger partial charge in [-0.25, -0.2) is 0 Å². The lowest BCUT2D eigenvalue weighted by Gasteiger charge is -2.16. The summed E-state index contributed by atoms with van der Waals surface area (Å²) in [5.41, 5.74) is 0.744. The van der Waals surface area contributed by atoms with Crippen LogP contribution in [0.25, 0.3) is 0 Å². The predicted octanol–water partition coefficient (Wildman–Crippen LogP) is 2.19. The number of halogens is 1. The summed E-state index contributed by atoms with van der Waals surface area (Å²) >= 11 is 0. The maximum atomic E-state index is 12.3. The van der Waals surface area contributed by atoms with Gasteiger partial charge in [0.05, 0.1) is 6.61 Å². The van der Waals surface area contributed by atoms with Crippen LogP contribution in [-0.4, -0.2) is 44.1 Å². The fraction of sp³-hybridized carbons (Fsp3) is 0.533. The molecular formula is C15H23ClN2O2. The molecule has 1 heterocycles. The second kappa shape index (κ2) is 8.12. The van der Waals surface area contributed by atoms with E-state index in [1.807, 2.05) is 43.1 Å². The summed E-state index contributed by atoms with van der Waals surface area (Å²) in [6, 6.07) is 7.41. The van der Waals surface area contributed by atoms with Gasteiger partial charge in [-0.1, -0.05) is 0 Å². The van der Waals surface area contributed by atoms with E-state index in [4.69, 9.17) is 4.74 Å². The first-order valence-corrected chi connectivity index (χ1v) is 6.91. The summed E-state index contributed by atoms with van der Waals surface area (Å²) in [7, 11) is 1.96. The molecule has 4 nitrogen and oxygen atoms in total. The quantitative estimate of drug-likeness (QED) is 0.906. The fourth-order valence-electron chi connectivity index (χ4n) is 2.52. The van der Waals surface area contributed by atoms with E-state index >= 15 is 0 Å². The summed E-state index contributed by atoms with van der Waals surface area (Å²) in [6.45, 7) is 5.29. The minimum absolute atomic E-state index is 0. The number of hydrogen-bond donors (Lipinski definition) is 1. The van der Waals surface area contributed by atoms with Crippen LogP contribution in [0.1, 0.15) is 23.7 Å². The summed E-state index contributed by atoms with van der Waals surface area (Å²) in [4.78, 5) is 14.3. The van der Waals surface area contributed by atoms with Crippen LogP contribution < -0.4 is 10.1 Å². The molecular weight excluding hydrogens is 276 g/mol. The zero-order valence-corrected chi connectivity index (χ0v) is 12.9. The van der Waals surface area contributed by atoms with Crippen LogP contribution in [0.3, 0.4) is 0 Å². The van der Waals surface area contributed by atoms with E-state index in [1.165, 1.54) is 0 Å². The van der Waals surface area contributed by atoms with Crippen molar-refractivity contribution in [3.63, 3.8) is 0 Å². The molecule has 1 N–H and O–H groups in total. The third-order valence-corrected chi connectivity index (χ3v) is 3.48. The monoisotopic (exact) mass is 298 g/mol. The highest BCUT2D eigenvalue weighted by Crippen LogP contribution is 2.19. The van der Waals surface area contributed by atoms with Gasteiger partial charge >= 0.3 is 0 Å². The minimum Gasteiger partial charge on any atom is -0.494 e. The zero-order chi connectivity index (χ0) is 13.7. The molecule has 112 valence electrons. The fourth-order valence-corrected chi connectivity index (χ4v) is 2.52. The van der Waals surface area contributed by atoms with Crippen molar-refractivity contribution in [1.82, 2.24) is 10.2 Å². The Morgan fingerprint density at radius 1 is 1.40 bits per heavy atom. The number of hydrogen-bond acceptors (Lipinski definition) is 3. The molecule has 0 spiro atoms. The standard InChI is InChI=1S/C15H22N2O2.ClH/c1-3-19-14-6-4-13(5-7-14)15(18)17-9-8-12(11-17)10-16-2;/h4-7,12,16H,3,8-11H2,1-2H3;1H. The van der Waals surface area contributed by atoms with Gasteiger partial charge in [-0.15, -0.1) is 12.4 Å². The van der Waals surface area contributed by atoms with Crippen LogP contribution in [0.4, 0.5) is 0 Å². The number of benzene rings is 1. The Labute approximate surface area is 126 Å². The van der Waals surface area contributed by atoms with Gasteiger partial charge in [-0.2, -0.15) is 0 Å². The molecule has 0 aromatic heterocycles. The van der Waals surface area contributed by atoms with Gasteiger partial charge in [0.15, 0.2) is 0 Å². The molecule has 0 saturated carbocycles. The molecule has 1 aromatic carbocycles. The Morgan fingerprint density at radius 2 is 2.10 bits per heavy atom. The normalized spacial score (nSPS) is 17.7. The van der Waals surface area contributed by atoms with Crippen molar-refractivity contribution in [2.45, 2.75) is 13.3 Å². The second-order valence-corrected chi connectivity index (χ2v) is 4.92. The highest BCUT2D eigenvalue weighted by molar-refractivity contribution is 5.94. The van der Waals surface area contributed by atoms with Gasteiger partial charge in [0.1, 0.15) is 5.75 Å². The second-order valence-electron chi connectivity index (χ2n) is 4.92. The molecule has 5 heteroatoms. The lowest BCUT2D eigenvalue weighted by molar-refractivity contribution is 0.0787. The molecule has 2 rings (SSSR count). The van der Waals surface area contributed by atoms with E-state index in [-0.39, 0.29) is 18.3 Å². The molecule has 1 aliphatic rings. The third-order valence-electron chi connectivity index (χ3n) is 3.48. The first-order valence-electron chi connectivity index (χ1n) is 6.91. The molecule has 1 saturated heterocycles. The molecule has 1 unspecified atom stereocenters. The van der Waals surface area contributed by atoms with Crippen molar-refractivity contribution >= 4 is 18.3 Å². The van der Waals surface area contributed by atoms with Gasteiger partial charge in [0.25, 0.3) is 5.91 Å². The van der Waals surface area contributed by atoms with Crippen molar-refractivity contribution in [2.24, 2.45) is 5.92 Å². The Morgan fingerprint density at radius 3 is 2.70 bits per heavy atom. The van der Waals surface area contributed by atoms with Gasteiger partial charge < -0.3 is 15.0 Å². The SMILES string of the molecule is CCOc1ccc(C(=O)N2CCC(CNC)C2)cc1.Cl. The molecule has 1 fully saturated rings. The van der Waals surface area contributed by atoms with E-state index in [1.54, 1.807) is 0 Å². The minimum atomic E-state index is 0. The number of rotatable bonds is 5. The highest BCUT2D eigenvalue weighted by atomic mass is 35.5. The zero-order valence-electron chi connectivity index (χ0n) is 12.1. The average Bonchev–Trinajstić information content (AvgIpc) is 2.88. The summed E-state index contributed by atoms with van der Waals surface area (Å²) in [5.74, 6) is 1.52. The van der Waals surface area contributed by atoms with Gasteiger partial charge in [-0.05, 0) is 57.1 Å². The third kappa shape index (κ3) is 4.12. The molecule has 0 aliphatic carbocycles. The van der Waals surface area contributed by atoms with Crippen LogP contribution in [0.5, 0.6) is 5.75 Å². The maximum absolute atomic E-state index is 12.3.